The second-order valence-electron chi connectivity index (χ2n) is 6.14. The predicted molar refractivity (Wildman–Crippen MR) is 86.8 cm³/mol. The summed E-state index contributed by atoms with van der Waals surface area (Å²) in [6.45, 7) is 0.0309. The van der Waals surface area contributed by atoms with Gasteiger partial charge in [-0.3, -0.25) is 4.79 Å². The first kappa shape index (κ1) is 14.9. The molecule has 1 aromatic heterocycles. The van der Waals surface area contributed by atoms with Crippen molar-refractivity contribution in [2.45, 2.75) is 31.3 Å². The van der Waals surface area contributed by atoms with E-state index in [9.17, 15) is 4.79 Å². The van der Waals surface area contributed by atoms with Gasteiger partial charge in [0.2, 0.25) is 0 Å². The van der Waals surface area contributed by atoms with Crippen molar-refractivity contribution < 1.29 is 14.3 Å². The molecule has 2 unspecified atom stereocenters. The van der Waals surface area contributed by atoms with Crippen LogP contribution in [0.25, 0.3) is 0 Å². The van der Waals surface area contributed by atoms with Gasteiger partial charge in [-0.1, -0.05) is 6.07 Å². The lowest BCUT2D eigenvalue weighted by Gasteiger charge is -2.35. The van der Waals surface area contributed by atoms with Gasteiger partial charge in [-0.15, -0.1) is 0 Å². The van der Waals surface area contributed by atoms with Crippen LogP contribution < -0.4 is 9.47 Å². The van der Waals surface area contributed by atoms with Crippen LogP contribution in [0.3, 0.4) is 0 Å². The van der Waals surface area contributed by atoms with Crippen molar-refractivity contribution in [3.8, 4) is 11.5 Å². The highest BCUT2D eigenvalue weighted by Gasteiger charge is 2.43. The highest BCUT2D eigenvalue weighted by Crippen LogP contribution is 2.42. The van der Waals surface area contributed by atoms with Gasteiger partial charge in [0.05, 0.1) is 18.8 Å². The van der Waals surface area contributed by atoms with E-state index < -0.39 is 0 Å². The minimum atomic E-state index is 0.0137. The van der Waals surface area contributed by atoms with E-state index in [0.717, 1.165) is 30.5 Å². The van der Waals surface area contributed by atoms with E-state index >= 15 is 0 Å². The maximum Gasteiger partial charge on any atom is 0.261 e. The van der Waals surface area contributed by atoms with Gasteiger partial charge in [0.25, 0.3) is 5.91 Å². The van der Waals surface area contributed by atoms with Crippen molar-refractivity contribution in [2.24, 2.45) is 0 Å². The van der Waals surface area contributed by atoms with E-state index in [2.05, 4.69) is 9.97 Å². The van der Waals surface area contributed by atoms with Crippen molar-refractivity contribution in [1.82, 2.24) is 14.9 Å². The number of aromatic nitrogens is 2. The van der Waals surface area contributed by atoms with E-state index in [4.69, 9.17) is 9.47 Å². The number of benzene rings is 1. The number of amides is 1. The third-order valence-corrected chi connectivity index (χ3v) is 4.81. The fourth-order valence-corrected chi connectivity index (χ4v) is 3.71. The van der Waals surface area contributed by atoms with Crippen molar-refractivity contribution in [3.05, 3.63) is 48.0 Å². The second-order valence-corrected chi connectivity index (χ2v) is 6.14. The highest BCUT2D eigenvalue weighted by atomic mass is 16.5. The quantitative estimate of drug-likeness (QED) is 0.862. The van der Waals surface area contributed by atoms with Crippen LogP contribution in [0.15, 0.2) is 36.8 Å². The van der Waals surface area contributed by atoms with Crippen LogP contribution in [0, 0.1) is 0 Å². The molecule has 6 nitrogen and oxygen atoms in total. The number of methoxy groups -OCH3 is 1. The fourth-order valence-electron chi connectivity index (χ4n) is 3.71. The number of fused-ring (bicyclic) bond motifs is 4. The zero-order valence-electron chi connectivity index (χ0n) is 13.5. The minimum Gasteiger partial charge on any atom is -0.497 e. The molecule has 4 rings (SSSR count). The summed E-state index contributed by atoms with van der Waals surface area (Å²) >= 11 is 0. The standard InChI is InChI=1S/C18H19N3O3/c1-23-13-3-2-4-14(8-13)24-10-18(22)21-12-5-6-17(21)15-9-19-11-20-16(15)7-12/h2-4,8-9,11-12,17H,5-7,10H2,1H3. The fraction of sp³-hybridized carbons (Fsp3) is 0.389. The normalized spacial score (nSPS) is 21.3. The molecule has 6 heteroatoms. The highest BCUT2D eigenvalue weighted by molar-refractivity contribution is 5.79. The largest absolute Gasteiger partial charge is 0.497 e. The molecule has 24 heavy (non-hydrogen) atoms. The predicted octanol–water partition coefficient (Wildman–Crippen LogP) is 2.15. The first-order chi connectivity index (χ1) is 11.8. The number of hydrogen-bond donors (Lipinski definition) is 0. The molecule has 124 valence electrons. The summed E-state index contributed by atoms with van der Waals surface area (Å²) in [6.07, 6.45) is 6.21. The molecule has 2 atom stereocenters. The zero-order valence-corrected chi connectivity index (χ0v) is 13.5. The van der Waals surface area contributed by atoms with Crippen molar-refractivity contribution in [3.63, 3.8) is 0 Å². The molecule has 1 saturated heterocycles. The molecule has 0 N–H and O–H groups in total. The van der Waals surface area contributed by atoms with E-state index in [0.29, 0.717) is 11.5 Å². The molecule has 2 bridgehead atoms. The number of carbonyl (C=O) groups is 1. The summed E-state index contributed by atoms with van der Waals surface area (Å²) in [5.74, 6) is 1.36. The Morgan fingerprint density at radius 3 is 3.08 bits per heavy atom. The molecule has 0 aliphatic carbocycles. The Morgan fingerprint density at radius 1 is 1.33 bits per heavy atom. The number of nitrogens with zero attached hydrogens (tertiary/aromatic N) is 3. The van der Waals surface area contributed by atoms with Crippen LogP contribution in [0.5, 0.6) is 11.5 Å². The van der Waals surface area contributed by atoms with Crippen LogP contribution in [-0.4, -0.2) is 40.5 Å². The summed E-state index contributed by atoms with van der Waals surface area (Å²) < 4.78 is 10.8. The Balaban J connectivity index is 1.47. The first-order valence-corrected chi connectivity index (χ1v) is 8.13. The van der Waals surface area contributed by atoms with Crippen molar-refractivity contribution in [1.29, 1.82) is 0 Å². The Labute approximate surface area is 140 Å². The van der Waals surface area contributed by atoms with Crippen molar-refractivity contribution in [2.75, 3.05) is 13.7 Å². The Morgan fingerprint density at radius 2 is 2.21 bits per heavy atom. The molecule has 2 aliphatic rings. The number of rotatable bonds is 4. The molecule has 3 heterocycles. The lowest BCUT2D eigenvalue weighted by atomic mass is 9.99. The smallest absolute Gasteiger partial charge is 0.261 e. The summed E-state index contributed by atoms with van der Waals surface area (Å²) in [4.78, 5) is 23.2. The summed E-state index contributed by atoms with van der Waals surface area (Å²) in [7, 11) is 1.61. The number of carbonyl (C=O) groups excluding carboxylic acids is 1. The topological polar surface area (TPSA) is 64.6 Å². The third kappa shape index (κ3) is 2.58. The molecule has 1 aromatic carbocycles. The van der Waals surface area contributed by atoms with Gasteiger partial charge in [0.1, 0.15) is 17.8 Å². The molecule has 1 amide bonds. The lowest BCUT2D eigenvalue weighted by Crippen LogP contribution is -2.44. The SMILES string of the molecule is COc1cccc(OCC(=O)N2C3CCC2c2cncnc2C3)c1. The average Bonchev–Trinajstić information content (AvgIpc) is 2.95. The summed E-state index contributed by atoms with van der Waals surface area (Å²) in [5.41, 5.74) is 2.16. The molecule has 0 radical (unpaired) electrons. The molecule has 2 aromatic rings. The van der Waals surface area contributed by atoms with Gasteiger partial charge in [0, 0.05) is 30.3 Å². The van der Waals surface area contributed by atoms with Gasteiger partial charge < -0.3 is 14.4 Å². The maximum atomic E-state index is 12.7. The molecular formula is C18H19N3O3. The molecule has 2 aliphatic heterocycles. The van der Waals surface area contributed by atoms with Crippen molar-refractivity contribution >= 4 is 5.91 Å². The molecular weight excluding hydrogens is 306 g/mol. The maximum absolute atomic E-state index is 12.7. The number of ether oxygens (including phenoxy) is 2. The van der Waals surface area contributed by atoms with E-state index in [1.165, 1.54) is 0 Å². The van der Waals surface area contributed by atoms with Gasteiger partial charge in [-0.2, -0.15) is 0 Å². The molecule has 0 spiro atoms. The summed E-state index contributed by atoms with van der Waals surface area (Å²) in [5, 5.41) is 0. The van der Waals surface area contributed by atoms with Crippen LogP contribution in [0.4, 0.5) is 0 Å². The number of hydrogen-bond acceptors (Lipinski definition) is 5. The Hall–Kier alpha value is -2.63. The third-order valence-electron chi connectivity index (χ3n) is 4.81. The monoisotopic (exact) mass is 325 g/mol. The van der Waals surface area contributed by atoms with E-state index in [1.54, 1.807) is 19.5 Å². The van der Waals surface area contributed by atoms with Gasteiger partial charge in [0.15, 0.2) is 6.61 Å². The van der Waals surface area contributed by atoms with Crippen LogP contribution in [0.1, 0.15) is 30.1 Å². The van der Waals surface area contributed by atoms with E-state index in [1.807, 2.05) is 29.3 Å². The first-order valence-electron chi connectivity index (χ1n) is 8.13. The van der Waals surface area contributed by atoms with Gasteiger partial charge in [-0.05, 0) is 25.0 Å². The van der Waals surface area contributed by atoms with Crippen LogP contribution in [-0.2, 0) is 11.2 Å². The van der Waals surface area contributed by atoms with E-state index in [-0.39, 0.29) is 24.6 Å². The zero-order chi connectivity index (χ0) is 16.5. The molecule has 0 saturated carbocycles. The van der Waals surface area contributed by atoms with Gasteiger partial charge >= 0.3 is 0 Å². The second kappa shape index (κ2) is 6.11. The Bertz CT molecular complexity index is 765. The van der Waals surface area contributed by atoms with Crippen LogP contribution in [0.2, 0.25) is 0 Å². The minimum absolute atomic E-state index is 0.0137. The van der Waals surface area contributed by atoms with Gasteiger partial charge in [-0.25, -0.2) is 9.97 Å². The lowest BCUT2D eigenvalue weighted by molar-refractivity contribution is -0.137. The average molecular weight is 325 g/mol. The molecule has 1 fully saturated rings. The Kier molecular flexibility index (Phi) is 3.80. The van der Waals surface area contributed by atoms with Crippen LogP contribution >= 0.6 is 0 Å². The summed E-state index contributed by atoms with van der Waals surface area (Å²) in [6, 6.07) is 7.60.